The van der Waals surface area contributed by atoms with Gasteiger partial charge < -0.3 is 20.4 Å². The van der Waals surface area contributed by atoms with Crippen molar-refractivity contribution < 1.29 is 56.4 Å². The third kappa shape index (κ3) is 6.72. The van der Waals surface area contributed by atoms with Gasteiger partial charge in [-0.1, -0.05) is 27.6 Å². The Hall–Kier alpha value is -3.20. The van der Waals surface area contributed by atoms with Crippen molar-refractivity contribution in [2.75, 3.05) is 18.1 Å². The zero-order valence-electron chi connectivity index (χ0n) is 23.1. The molecule has 0 aromatic heterocycles. The van der Waals surface area contributed by atoms with E-state index < -0.39 is 78.1 Å². The topological polar surface area (TPSA) is 118 Å². The van der Waals surface area contributed by atoms with Crippen LogP contribution in [0, 0.1) is 17.8 Å². The van der Waals surface area contributed by atoms with Crippen molar-refractivity contribution in [2.24, 2.45) is 17.8 Å². The predicted molar refractivity (Wildman–Crippen MR) is 150 cm³/mol. The number of aromatic hydroxyl groups is 1. The number of imide groups is 1. The van der Waals surface area contributed by atoms with Crippen molar-refractivity contribution in [3.05, 3.63) is 74.3 Å². The van der Waals surface area contributed by atoms with Gasteiger partial charge in [-0.15, -0.1) is 0 Å². The summed E-state index contributed by atoms with van der Waals surface area (Å²) >= 11 is 3.32. The summed E-state index contributed by atoms with van der Waals surface area (Å²) < 4.78 is 81.6. The predicted octanol–water partition coefficient (Wildman–Crippen LogP) is 5.84. The first-order chi connectivity index (χ1) is 20.5. The van der Waals surface area contributed by atoms with E-state index in [2.05, 4.69) is 15.9 Å². The molecule has 1 aliphatic heterocycles. The molecule has 2 amide bonds. The molecule has 1 aliphatic carbocycles. The number of halogens is 7. The number of aliphatic hydroxyl groups is 3. The van der Waals surface area contributed by atoms with Crippen LogP contribution in [-0.2, 0) is 21.9 Å². The number of fused-ring (bicyclic) bond motifs is 1. The van der Waals surface area contributed by atoms with Gasteiger partial charge in [-0.2, -0.15) is 26.3 Å². The molecule has 0 spiro atoms. The number of phenolic OH excluding ortho intramolecular Hbond substituents is 1. The highest BCUT2D eigenvalue weighted by Gasteiger charge is 2.55. The van der Waals surface area contributed by atoms with E-state index in [9.17, 15) is 56.4 Å². The number of anilines is 1. The molecule has 2 aromatic rings. The molecule has 4 rings (SSSR count). The van der Waals surface area contributed by atoms with Crippen molar-refractivity contribution >= 4 is 39.5 Å². The van der Waals surface area contributed by atoms with E-state index in [-0.39, 0.29) is 59.3 Å². The summed E-state index contributed by atoms with van der Waals surface area (Å²) in [7, 11) is 0. The summed E-state index contributed by atoms with van der Waals surface area (Å²) in [6.45, 7) is 0.285. The molecule has 2 aromatic carbocycles. The molecule has 0 saturated carbocycles. The van der Waals surface area contributed by atoms with Crippen LogP contribution in [-0.4, -0.2) is 51.6 Å². The fraction of sp³-hybridized carbons (Fsp3) is 0.400. The van der Waals surface area contributed by atoms with Gasteiger partial charge in [-0.05, 0) is 73.7 Å². The Morgan fingerprint density at radius 1 is 1.02 bits per heavy atom. The summed E-state index contributed by atoms with van der Waals surface area (Å²) in [4.78, 5) is 27.2. The van der Waals surface area contributed by atoms with Crippen molar-refractivity contribution in [2.45, 2.75) is 44.6 Å². The Bertz CT molecular complexity index is 1490. The Balaban J connectivity index is 1.65. The number of hydrogen-bond donors (Lipinski definition) is 4. The number of carbonyl (C=O) groups excluding carboxylic acids is 2. The normalized spacial score (nSPS) is 22.1. The molecule has 0 radical (unpaired) electrons. The average Bonchev–Trinajstić information content (AvgIpc) is 3.20. The maximum atomic E-state index is 13.6. The number of aliphatic hydroxyl groups excluding tert-OH is 3. The third-order valence-electron chi connectivity index (χ3n) is 7.96. The summed E-state index contributed by atoms with van der Waals surface area (Å²) in [6.07, 6.45) is -10.0. The smallest absolute Gasteiger partial charge is 0.416 e. The molecule has 4 atom stereocenters. The molecule has 0 unspecified atom stereocenters. The first kappa shape index (κ1) is 33.7. The van der Waals surface area contributed by atoms with Gasteiger partial charge in [0.15, 0.2) is 0 Å². The van der Waals surface area contributed by atoms with Crippen molar-refractivity contribution in [3.63, 3.8) is 0 Å². The lowest BCUT2D eigenvalue weighted by molar-refractivity contribution is -0.143. The second kappa shape index (κ2) is 12.7. The number of carbonyl (C=O) groups is 2. The van der Waals surface area contributed by atoms with Crippen molar-refractivity contribution in [3.8, 4) is 5.75 Å². The maximum Gasteiger partial charge on any atom is 0.416 e. The highest BCUT2D eigenvalue weighted by Crippen LogP contribution is 2.48. The lowest BCUT2D eigenvalue weighted by atomic mass is 9.68. The average molecular weight is 692 g/mol. The summed E-state index contributed by atoms with van der Waals surface area (Å²) in [5.74, 6) is -6.09. The second-order valence-corrected chi connectivity index (χ2v) is 11.8. The molecule has 14 heteroatoms. The Kier molecular flexibility index (Phi) is 9.69. The minimum atomic E-state index is -5.21. The van der Waals surface area contributed by atoms with E-state index in [0.717, 1.165) is 10.0 Å². The molecular formula is C30H28BrF6NO6. The fourth-order valence-corrected chi connectivity index (χ4v) is 6.30. The lowest BCUT2D eigenvalue weighted by Gasteiger charge is -2.36. The molecule has 238 valence electrons. The number of hydrogen-bond acceptors (Lipinski definition) is 6. The third-order valence-corrected chi connectivity index (χ3v) is 8.46. The van der Waals surface area contributed by atoms with Gasteiger partial charge in [0.25, 0.3) is 0 Å². The molecule has 7 nitrogen and oxygen atoms in total. The van der Waals surface area contributed by atoms with E-state index in [4.69, 9.17) is 0 Å². The molecule has 4 N–H and O–H groups in total. The largest absolute Gasteiger partial charge is 0.507 e. The van der Waals surface area contributed by atoms with Crippen LogP contribution in [0.2, 0.25) is 0 Å². The highest BCUT2D eigenvalue weighted by atomic mass is 79.9. The van der Waals surface area contributed by atoms with Gasteiger partial charge in [-0.3, -0.25) is 9.59 Å². The summed E-state index contributed by atoms with van der Waals surface area (Å²) in [6, 6.07) is 5.27. The summed E-state index contributed by atoms with van der Waals surface area (Å²) in [5.41, 5.74) is -2.85. The number of alkyl halides is 6. The highest BCUT2D eigenvalue weighted by molar-refractivity contribution is 9.10. The van der Waals surface area contributed by atoms with Crippen LogP contribution in [0.1, 0.15) is 42.9 Å². The number of allylic oxidation sites excluding steroid dienone is 1. The second-order valence-electron chi connectivity index (χ2n) is 10.9. The number of phenols is 1. The van der Waals surface area contributed by atoms with Crippen LogP contribution in [0.25, 0.3) is 6.08 Å². The zero-order chi connectivity index (χ0) is 32.7. The molecule has 1 fully saturated rings. The van der Waals surface area contributed by atoms with E-state index in [1.165, 1.54) is 6.07 Å². The Morgan fingerprint density at radius 2 is 1.64 bits per heavy atom. The van der Waals surface area contributed by atoms with E-state index in [1.54, 1.807) is 25.1 Å². The first-order valence-corrected chi connectivity index (χ1v) is 14.2. The van der Waals surface area contributed by atoms with Crippen molar-refractivity contribution in [1.82, 2.24) is 0 Å². The maximum absolute atomic E-state index is 13.6. The fourth-order valence-electron chi connectivity index (χ4n) is 5.93. The number of benzene rings is 2. The number of nitrogens with zero attached hydrogens (tertiary/aromatic N) is 1. The van der Waals surface area contributed by atoms with Gasteiger partial charge in [0.1, 0.15) is 5.75 Å². The molecule has 44 heavy (non-hydrogen) atoms. The zero-order valence-corrected chi connectivity index (χ0v) is 24.7. The number of rotatable bonds is 8. The van der Waals surface area contributed by atoms with Crippen LogP contribution in [0.4, 0.5) is 32.0 Å². The van der Waals surface area contributed by atoms with Gasteiger partial charge in [0.05, 0.1) is 48.0 Å². The molecular weight excluding hydrogens is 664 g/mol. The van der Waals surface area contributed by atoms with Gasteiger partial charge >= 0.3 is 12.4 Å². The van der Waals surface area contributed by atoms with Crippen LogP contribution in [0.5, 0.6) is 5.75 Å². The monoisotopic (exact) mass is 691 g/mol. The Morgan fingerprint density at radius 3 is 2.18 bits per heavy atom. The van der Waals surface area contributed by atoms with Crippen molar-refractivity contribution in [1.29, 1.82) is 0 Å². The summed E-state index contributed by atoms with van der Waals surface area (Å²) in [5, 5.41) is 41.7. The van der Waals surface area contributed by atoms with E-state index in [0.29, 0.717) is 5.56 Å². The molecule has 0 bridgehead atoms. The van der Waals surface area contributed by atoms with E-state index >= 15 is 0 Å². The van der Waals surface area contributed by atoms with Crippen LogP contribution in [0.15, 0.2) is 57.6 Å². The van der Waals surface area contributed by atoms with Crippen LogP contribution < -0.4 is 4.90 Å². The molecule has 1 heterocycles. The Labute approximate surface area is 256 Å². The quantitative estimate of drug-likeness (QED) is 0.157. The standard InChI is InChI=1S/C30H28BrF6NO6/c1-14(6-15-7-19(31)3-5-23(15)41)2-4-24(42)25-16(12-39)8-21-26(22(25)13-40)28(44)38(27(21)43)20-10-17(29(32,33)34)9-18(11-20)30(35,36)37/h3,5-7,9-11,21-22,24,26,39-42H,2,4,8,12-13H2,1H3/b14-6+/t21-,22+,24-,26-/m1/s1. The van der Waals surface area contributed by atoms with Gasteiger partial charge in [0, 0.05) is 16.0 Å². The molecule has 2 aliphatic rings. The van der Waals surface area contributed by atoms with E-state index in [1.807, 2.05) is 0 Å². The lowest BCUT2D eigenvalue weighted by Crippen LogP contribution is -2.39. The number of amides is 2. The SMILES string of the molecule is C/C(=C\c1cc(Br)ccc1O)CC[C@@H](O)C1=C(CO)C[C@H]2C(=O)N(c3cc(C(F)(F)F)cc(C(F)(F)F)c3)C(=O)[C@H]2[C@H]1CO. The minimum Gasteiger partial charge on any atom is -0.507 e. The van der Waals surface area contributed by atoms with Gasteiger partial charge in [0.2, 0.25) is 11.8 Å². The first-order valence-electron chi connectivity index (χ1n) is 13.4. The van der Waals surface area contributed by atoms with Gasteiger partial charge in [-0.25, -0.2) is 4.90 Å². The molecule has 1 saturated heterocycles. The van der Waals surface area contributed by atoms with Crippen LogP contribution >= 0.6 is 15.9 Å². The van der Waals surface area contributed by atoms with Crippen LogP contribution in [0.3, 0.4) is 0 Å². The minimum absolute atomic E-state index is 0.0223.